The number of carbonyl (C=O) groups is 3. The number of hydrogen-bond acceptors (Lipinski definition) is 5. The van der Waals surface area contributed by atoms with E-state index in [0.717, 1.165) is 41.1 Å². The Balaban J connectivity index is 1.41. The molecule has 0 fully saturated rings. The number of nitrogens with zero attached hydrogens (tertiary/aromatic N) is 1. The van der Waals surface area contributed by atoms with Gasteiger partial charge in [0.1, 0.15) is 6.10 Å². The van der Waals surface area contributed by atoms with Gasteiger partial charge >= 0.3 is 11.8 Å². The molecular formula is C21H22ClN3O4S. The number of nitrogens with one attached hydrogen (secondary N) is 2. The topological polar surface area (TPSA) is 87.7 Å². The van der Waals surface area contributed by atoms with E-state index < -0.39 is 11.8 Å². The molecule has 9 heteroatoms. The third kappa shape index (κ3) is 4.21. The lowest BCUT2D eigenvalue weighted by Gasteiger charge is -2.35. The predicted octanol–water partition coefficient (Wildman–Crippen LogP) is 3.07. The number of halogens is 1. The molecule has 1 aromatic carbocycles. The molecule has 2 N–H and O–H groups in total. The summed E-state index contributed by atoms with van der Waals surface area (Å²) in [5.41, 5.74) is 3.64. The van der Waals surface area contributed by atoms with Crippen molar-refractivity contribution in [1.82, 2.24) is 5.32 Å². The van der Waals surface area contributed by atoms with E-state index >= 15 is 0 Å². The van der Waals surface area contributed by atoms with Gasteiger partial charge in [0.2, 0.25) is 5.91 Å². The predicted molar refractivity (Wildman–Crippen MR) is 116 cm³/mol. The third-order valence-corrected chi connectivity index (χ3v) is 6.71. The SMILES string of the molecule is COC(CNC(=O)C(=O)Nc1cc2c3c(c1)CCC(=O)N3CCC2)c1ccc(Cl)s1. The van der Waals surface area contributed by atoms with Gasteiger partial charge in [0, 0.05) is 37.2 Å². The second kappa shape index (κ2) is 8.75. The van der Waals surface area contributed by atoms with Crippen molar-refractivity contribution in [2.45, 2.75) is 31.8 Å². The molecule has 3 heterocycles. The smallest absolute Gasteiger partial charge is 0.313 e. The quantitative estimate of drug-likeness (QED) is 0.689. The molecule has 2 aliphatic heterocycles. The Labute approximate surface area is 183 Å². The van der Waals surface area contributed by atoms with Crippen LogP contribution in [0.4, 0.5) is 11.4 Å². The van der Waals surface area contributed by atoms with Crippen LogP contribution in [0, 0.1) is 0 Å². The van der Waals surface area contributed by atoms with Crippen molar-refractivity contribution in [3.8, 4) is 0 Å². The standard InChI is InChI=1S/C21H22ClN3O4S/c1-29-15(16-5-6-17(22)30-16)11-23-20(27)21(28)24-14-9-12-3-2-8-25-18(26)7-4-13(10-14)19(12)25/h5-6,9-10,15H,2-4,7-8,11H2,1H3,(H,23,27)(H,24,28). The minimum absolute atomic E-state index is 0.152. The number of amides is 3. The molecule has 0 bridgehead atoms. The first-order valence-corrected chi connectivity index (χ1v) is 11.0. The molecule has 2 aliphatic rings. The lowest BCUT2D eigenvalue weighted by Crippen LogP contribution is -2.39. The highest BCUT2D eigenvalue weighted by atomic mass is 35.5. The molecule has 0 saturated carbocycles. The molecule has 3 amide bonds. The second-order valence-electron chi connectivity index (χ2n) is 7.32. The minimum atomic E-state index is -0.735. The van der Waals surface area contributed by atoms with Gasteiger partial charge in [-0.25, -0.2) is 0 Å². The zero-order chi connectivity index (χ0) is 21.3. The maximum atomic E-state index is 12.4. The van der Waals surface area contributed by atoms with Crippen LogP contribution < -0.4 is 15.5 Å². The molecule has 0 saturated heterocycles. The van der Waals surface area contributed by atoms with Gasteiger partial charge in [0.15, 0.2) is 0 Å². The average molecular weight is 448 g/mol. The fourth-order valence-electron chi connectivity index (χ4n) is 3.98. The van der Waals surface area contributed by atoms with Gasteiger partial charge in [-0.3, -0.25) is 14.4 Å². The monoisotopic (exact) mass is 447 g/mol. The first kappa shape index (κ1) is 20.8. The second-order valence-corrected chi connectivity index (χ2v) is 9.07. The third-order valence-electron chi connectivity index (χ3n) is 5.38. The van der Waals surface area contributed by atoms with Crippen LogP contribution in [0.15, 0.2) is 24.3 Å². The van der Waals surface area contributed by atoms with Crippen LogP contribution in [0.1, 0.15) is 34.9 Å². The number of hydrogen-bond donors (Lipinski definition) is 2. The zero-order valence-corrected chi connectivity index (χ0v) is 18.1. The van der Waals surface area contributed by atoms with Gasteiger partial charge in [-0.15, -0.1) is 11.3 Å². The fourth-order valence-corrected chi connectivity index (χ4v) is 5.12. The van der Waals surface area contributed by atoms with Crippen molar-refractivity contribution >= 4 is 52.0 Å². The summed E-state index contributed by atoms with van der Waals surface area (Å²) in [5, 5.41) is 5.30. The minimum Gasteiger partial charge on any atom is -0.374 e. The molecule has 7 nitrogen and oxygen atoms in total. The highest BCUT2D eigenvalue weighted by molar-refractivity contribution is 7.16. The summed E-state index contributed by atoms with van der Waals surface area (Å²) in [6.45, 7) is 0.898. The van der Waals surface area contributed by atoms with Crippen molar-refractivity contribution in [3.05, 3.63) is 44.6 Å². The van der Waals surface area contributed by atoms with Gasteiger partial charge in [-0.2, -0.15) is 0 Å². The van der Waals surface area contributed by atoms with Crippen LogP contribution in [-0.4, -0.2) is 37.9 Å². The van der Waals surface area contributed by atoms with Crippen molar-refractivity contribution < 1.29 is 19.1 Å². The number of rotatable bonds is 5. The highest BCUT2D eigenvalue weighted by Gasteiger charge is 2.30. The summed E-state index contributed by atoms with van der Waals surface area (Å²) in [6, 6.07) is 7.32. The molecular weight excluding hydrogens is 426 g/mol. The van der Waals surface area contributed by atoms with E-state index in [1.807, 2.05) is 23.1 Å². The molecule has 0 aliphatic carbocycles. The van der Waals surface area contributed by atoms with Crippen LogP contribution in [0.25, 0.3) is 0 Å². The first-order valence-electron chi connectivity index (χ1n) is 9.79. The van der Waals surface area contributed by atoms with Gasteiger partial charge in [0.05, 0.1) is 10.0 Å². The Morgan fingerprint density at radius 1 is 1.20 bits per heavy atom. The Kier molecular flexibility index (Phi) is 6.08. The largest absolute Gasteiger partial charge is 0.374 e. The number of aryl methyl sites for hydroxylation is 2. The van der Waals surface area contributed by atoms with Crippen LogP contribution in [0.3, 0.4) is 0 Å². The molecule has 0 spiro atoms. The average Bonchev–Trinajstić information content (AvgIpc) is 3.17. The number of benzene rings is 1. The van der Waals surface area contributed by atoms with E-state index in [4.69, 9.17) is 16.3 Å². The lowest BCUT2D eigenvalue weighted by atomic mass is 9.91. The lowest BCUT2D eigenvalue weighted by molar-refractivity contribution is -0.136. The van der Waals surface area contributed by atoms with Crippen LogP contribution >= 0.6 is 22.9 Å². The first-order chi connectivity index (χ1) is 14.5. The molecule has 4 rings (SSSR count). The molecule has 1 aromatic heterocycles. The van der Waals surface area contributed by atoms with E-state index in [1.54, 1.807) is 6.07 Å². The molecule has 1 unspecified atom stereocenters. The maximum Gasteiger partial charge on any atom is 0.313 e. The van der Waals surface area contributed by atoms with E-state index in [1.165, 1.54) is 18.4 Å². The van der Waals surface area contributed by atoms with E-state index in [9.17, 15) is 14.4 Å². The van der Waals surface area contributed by atoms with E-state index in [0.29, 0.717) is 22.9 Å². The fraction of sp³-hybridized carbons (Fsp3) is 0.381. The zero-order valence-electron chi connectivity index (χ0n) is 16.5. The van der Waals surface area contributed by atoms with E-state index in [2.05, 4.69) is 10.6 Å². The number of anilines is 2. The Morgan fingerprint density at radius 2 is 1.97 bits per heavy atom. The van der Waals surface area contributed by atoms with Crippen molar-refractivity contribution in [2.24, 2.45) is 0 Å². The van der Waals surface area contributed by atoms with Gasteiger partial charge in [0.25, 0.3) is 0 Å². The van der Waals surface area contributed by atoms with Crippen molar-refractivity contribution in [3.63, 3.8) is 0 Å². The molecule has 0 radical (unpaired) electrons. The molecule has 1 atom stereocenters. The summed E-state index contributed by atoms with van der Waals surface area (Å²) in [7, 11) is 1.54. The highest BCUT2D eigenvalue weighted by Crippen LogP contribution is 2.37. The summed E-state index contributed by atoms with van der Waals surface area (Å²) in [5.74, 6) is -1.32. The molecule has 2 aromatic rings. The summed E-state index contributed by atoms with van der Waals surface area (Å²) in [6.07, 6.45) is 2.47. The van der Waals surface area contributed by atoms with Gasteiger partial charge in [-0.1, -0.05) is 11.6 Å². The van der Waals surface area contributed by atoms with Crippen LogP contribution in [-0.2, 0) is 32.0 Å². The number of methoxy groups -OCH3 is 1. The van der Waals surface area contributed by atoms with Crippen molar-refractivity contribution in [1.29, 1.82) is 0 Å². The van der Waals surface area contributed by atoms with Gasteiger partial charge in [-0.05, 0) is 54.7 Å². The van der Waals surface area contributed by atoms with Crippen LogP contribution in [0.2, 0.25) is 4.34 Å². The Morgan fingerprint density at radius 3 is 2.67 bits per heavy atom. The summed E-state index contributed by atoms with van der Waals surface area (Å²) in [4.78, 5) is 39.6. The normalized spacial score (nSPS) is 16.1. The summed E-state index contributed by atoms with van der Waals surface area (Å²) < 4.78 is 6.02. The van der Waals surface area contributed by atoms with Gasteiger partial charge < -0.3 is 20.3 Å². The molecule has 158 valence electrons. The number of thiophene rings is 1. The van der Waals surface area contributed by atoms with Crippen LogP contribution in [0.5, 0.6) is 0 Å². The molecule has 30 heavy (non-hydrogen) atoms. The maximum absolute atomic E-state index is 12.4. The van der Waals surface area contributed by atoms with E-state index in [-0.39, 0.29) is 18.6 Å². The number of ether oxygens (including phenoxy) is 1. The number of carbonyl (C=O) groups excluding carboxylic acids is 3. The Hall–Kier alpha value is -2.42. The van der Waals surface area contributed by atoms with Crippen molar-refractivity contribution in [2.75, 3.05) is 30.4 Å². The summed E-state index contributed by atoms with van der Waals surface area (Å²) >= 11 is 7.32. The Bertz CT molecular complexity index is 989.